The third-order valence-electron chi connectivity index (χ3n) is 3.32. The second kappa shape index (κ2) is 19.4. The highest BCUT2D eigenvalue weighted by atomic mass is 16.4. The van der Waals surface area contributed by atoms with Crippen LogP contribution < -0.4 is 5.32 Å². The number of aliphatic hydroxyl groups is 1. The van der Waals surface area contributed by atoms with Crippen molar-refractivity contribution in [1.29, 1.82) is 0 Å². The summed E-state index contributed by atoms with van der Waals surface area (Å²) in [7, 11) is 0. The van der Waals surface area contributed by atoms with Crippen molar-refractivity contribution in [1.82, 2.24) is 5.32 Å². The first-order valence-corrected chi connectivity index (χ1v) is 8.71. The lowest BCUT2D eigenvalue weighted by Gasteiger charge is -2.05. The first-order chi connectivity index (χ1) is 10.1. The lowest BCUT2D eigenvalue weighted by atomic mass is 10.1. The summed E-state index contributed by atoms with van der Waals surface area (Å²) in [6, 6.07) is 0. The Kier molecular flexibility index (Phi) is 20.9. The van der Waals surface area contributed by atoms with Gasteiger partial charge in [-0.1, -0.05) is 72.1 Å². The minimum Gasteiger partial charge on any atom is -0.481 e. The van der Waals surface area contributed by atoms with Crippen molar-refractivity contribution in [3.63, 3.8) is 0 Å². The Morgan fingerprint density at radius 3 is 1.71 bits per heavy atom. The molecule has 1 unspecified atom stereocenters. The van der Waals surface area contributed by atoms with Crippen molar-refractivity contribution in [2.24, 2.45) is 0 Å². The fourth-order valence-electron chi connectivity index (χ4n) is 1.97. The lowest BCUT2D eigenvalue weighted by Crippen LogP contribution is -2.26. The highest BCUT2D eigenvalue weighted by Crippen LogP contribution is 2.10. The fourth-order valence-corrected chi connectivity index (χ4v) is 1.97. The van der Waals surface area contributed by atoms with Gasteiger partial charge >= 0.3 is 5.97 Å². The van der Waals surface area contributed by atoms with Crippen molar-refractivity contribution in [3.8, 4) is 0 Å². The molecular weight excluding hydrogens is 266 g/mol. The average molecular weight is 303 g/mol. The molecule has 0 radical (unpaired) electrons. The molecule has 0 rings (SSSR count). The molecule has 0 fully saturated rings. The van der Waals surface area contributed by atoms with E-state index in [-0.39, 0.29) is 6.23 Å². The summed E-state index contributed by atoms with van der Waals surface area (Å²) in [5.74, 6) is -0.659. The maximum Gasteiger partial charge on any atom is 0.303 e. The summed E-state index contributed by atoms with van der Waals surface area (Å²) in [6.45, 7) is 6.98. The number of hydrogen-bond acceptors (Lipinski definition) is 3. The average Bonchev–Trinajstić information content (AvgIpc) is 2.46. The van der Waals surface area contributed by atoms with Crippen LogP contribution >= 0.6 is 0 Å². The molecule has 0 saturated carbocycles. The summed E-state index contributed by atoms with van der Waals surface area (Å²) >= 11 is 0. The van der Waals surface area contributed by atoms with Crippen LogP contribution in [0.4, 0.5) is 0 Å². The van der Waals surface area contributed by atoms with Crippen LogP contribution in [0, 0.1) is 0 Å². The third-order valence-corrected chi connectivity index (χ3v) is 3.32. The molecule has 3 N–H and O–H groups in total. The van der Waals surface area contributed by atoms with Crippen LogP contribution in [0.3, 0.4) is 0 Å². The Labute approximate surface area is 131 Å². The van der Waals surface area contributed by atoms with Gasteiger partial charge in [-0.05, 0) is 19.4 Å². The van der Waals surface area contributed by atoms with Gasteiger partial charge < -0.3 is 10.2 Å². The summed E-state index contributed by atoms with van der Waals surface area (Å²) < 4.78 is 0. The molecule has 0 aliphatic carbocycles. The third kappa shape index (κ3) is 24.8. The molecule has 4 nitrogen and oxygen atoms in total. The van der Waals surface area contributed by atoms with Crippen LogP contribution in [0.15, 0.2) is 0 Å². The normalized spacial score (nSPS) is 11.6. The number of carboxylic acid groups (broad SMARTS) is 1. The number of aliphatic carboxylic acids is 1. The SMILES string of the molecule is CCCCCCCCCCCC(=O)O.CCNC(O)CC. The maximum atomic E-state index is 10.2. The number of nitrogens with one attached hydrogen (secondary N) is 1. The standard InChI is InChI=1S/C12H24O2.C5H13NO/c1-2-3-4-5-6-7-8-9-10-11-12(13)14;1-3-5(7)6-4-2/h2-11H2,1H3,(H,13,14);5-7H,3-4H2,1-2H3. The van der Waals surface area contributed by atoms with Gasteiger partial charge in [0.1, 0.15) is 6.23 Å². The van der Waals surface area contributed by atoms with Crippen molar-refractivity contribution < 1.29 is 15.0 Å². The topological polar surface area (TPSA) is 69.6 Å². The molecule has 128 valence electrons. The number of carbonyl (C=O) groups is 1. The zero-order chi connectivity index (χ0) is 16.3. The fraction of sp³-hybridized carbons (Fsp3) is 0.941. The molecule has 0 aromatic rings. The van der Waals surface area contributed by atoms with Gasteiger partial charge in [-0.25, -0.2) is 0 Å². The predicted octanol–water partition coefficient (Wildman–Crippen LogP) is 4.32. The second-order valence-corrected chi connectivity index (χ2v) is 5.45. The lowest BCUT2D eigenvalue weighted by molar-refractivity contribution is -0.137. The van der Waals surface area contributed by atoms with E-state index in [9.17, 15) is 4.79 Å². The van der Waals surface area contributed by atoms with Gasteiger partial charge in [-0.2, -0.15) is 0 Å². The molecule has 1 atom stereocenters. The highest BCUT2D eigenvalue weighted by Gasteiger charge is 1.96. The van der Waals surface area contributed by atoms with E-state index in [2.05, 4.69) is 12.2 Å². The van der Waals surface area contributed by atoms with E-state index >= 15 is 0 Å². The van der Waals surface area contributed by atoms with Gasteiger partial charge in [0.15, 0.2) is 0 Å². The second-order valence-electron chi connectivity index (χ2n) is 5.45. The van der Waals surface area contributed by atoms with Gasteiger partial charge in [-0.15, -0.1) is 0 Å². The van der Waals surface area contributed by atoms with Crippen LogP contribution in [-0.2, 0) is 4.79 Å². The van der Waals surface area contributed by atoms with Crippen molar-refractivity contribution in [3.05, 3.63) is 0 Å². The van der Waals surface area contributed by atoms with E-state index in [1.165, 1.54) is 44.9 Å². The molecule has 21 heavy (non-hydrogen) atoms. The first-order valence-electron chi connectivity index (χ1n) is 8.71. The summed E-state index contributed by atoms with van der Waals surface area (Å²) in [5, 5.41) is 20.0. The minimum absolute atomic E-state index is 0.301. The highest BCUT2D eigenvalue weighted by molar-refractivity contribution is 5.66. The Morgan fingerprint density at radius 1 is 0.905 bits per heavy atom. The Bertz CT molecular complexity index is 210. The quantitative estimate of drug-likeness (QED) is 0.350. The minimum atomic E-state index is -0.659. The van der Waals surface area contributed by atoms with Gasteiger partial charge in [0.2, 0.25) is 0 Å². The number of hydrogen-bond donors (Lipinski definition) is 3. The molecule has 0 aliphatic rings. The summed E-state index contributed by atoms with van der Waals surface area (Å²) in [6.07, 6.45) is 12.0. The van der Waals surface area contributed by atoms with Crippen LogP contribution in [-0.4, -0.2) is 29.0 Å². The summed E-state index contributed by atoms with van der Waals surface area (Å²) in [5.41, 5.74) is 0. The van der Waals surface area contributed by atoms with Gasteiger partial charge in [0.25, 0.3) is 0 Å². The molecule has 0 aromatic heterocycles. The van der Waals surface area contributed by atoms with E-state index in [1.807, 2.05) is 13.8 Å². The number of unbranched alkanes of at least 4 members (excludes halogenated alkanes) is 8. The maximum absolute atomic E-state index is 10.2. The van der Waals surface area contributed by atoms with E-state index < -0.39 is 5.97 Å². The van der Waals surface area contributed by atoms with E-state index in [4.69, 9.17) is 10.2 Å². The van der Waals surface area contributed by atoms with Crippen LogP contribution in [0.25, 0.3) is 0 Å². The van der Waals surface area contributed by atoms with Crippen molar-refractivity contribution in [2.75, 3.05) is 6.54 Å². The van der Waals surface area contributed by atoms with Crippen LogP contribution in [0.1, 0.15) is 91.4 Å². The van der Waals surface area contributed by atoms with Crippen molar-refractivity contribution >= 4 is 5.97 Å². The molecule has 0 amide bonds. The molecule has 0 saturated heterocycles. The Balaban J connectivity index is 0. The Hall–Kier alpha value is -0.610. The zero-order valence-corrected chi connectivity index (χ0v) is 14.4. The number of aliphatic hydroxyl groups excluding tert-OH is 1. The molecule has 0 aromatic carbocycles. The molecular formula is C17H37NO3. The van der Waals surface area contributed by atoms with E-state index in [0.717, 1.165) is 25.8 Å². The smallest absolute Gasteiger partial charge is 0.303 e. The van der Waals surface area contributed by atoms with Crippen molar-refractivity contribution in [2.45, 2.75) is 97.6 Å². The molecule has 0 spiro atoms. The first kappa shape index (κ1) is 22.7. The van der Waals surface area contributed by atoms with Gasteiger partial charge in [-0.3, -0.25) is 10.1 Å². The largest absolute Gasteiger partial charge is 0.481 e. The molecule has 0 bridgehead atoms. The van der Waals surface area contributed by atoms with Crippen LogP contribution in [0.2, 0.25) is 0 Å². The zero-order valence-electron chi connectivity index (χ0n) is 14.4. The van der Waals surface area contributed by atoms with Gasteiger partial charge in [0, 0.05) is 6.42 Å². The van der Waals surface area contributed by atoms with E-state index in [0.29, 0.717) is 6.42 Å². The van der Waals surface area contributed by atoms with Crippen LogP contribution in [0.5, 0.6) is 0 Å². The number of rotatable bonds is 13. The molecule has 0 heterocycles. The Morgan fingerprint density at radius 2 is 1.38 bits per heavy atom. The molecule has 4 heteroatoms. The monoisotopic (exact) mass is 303 g/mol. The predicted molar refractivity (Wildman–Crippen MR) is 89.5 cm³/mol. The van der Waals surface area contributed by atoms with Gasteiger partial charge in [0.05, 0.1) is 0 Å². The number of carboxylic acids is 1. The molecule has 0 aliphatic heterocycles. The van der Waals surface area contributed by atoms with E-state index in [1.54, 1.807) is 0 Å². The summed E-state index contributed by atoms with van der Waals surface area (Å²) in [4.78, 5) is 10.2.